The van der Waals surface area contributed by atoms with Gasteiger partial charge in [0.05, 0.1) is 11.5 Å². The number of alkyl carbamates (subject to hydrolysis) is 1. The smallest absolute Gasteiger partial charge is 0.407 e. The Bertz CT molecular complexity index is 851. The van der Waals surface area contributed by atoms with Crippen LogP contribution in [0.2, 0.25) is 0 Å². The molecule has 11 nitrogen and oxygen atoms in total. The van der Waals surface area contributed by atoms with E-state index in [0.717, 1.165) is 6.20 Å². The van der Waals surface area contributed by atoms with Gasteiger partial charge in [-0.15, -0.1) is 0 Å². The fraction of sp³-hybridized carbons (Fsp3) is 0.389. The number of nitrogens with one attached hydrogen (secondary N) is 3. The second-order valence-electron chi connectivity index (χ2n) is 6.86. The van der Waals surface area contributed by atoms with Crippen LogP contribution in [0.15, 0.2) is 30.5 Å². The number of anilines is 3. The summed E-state index contributed by atoms with van der Waals surface area (Å²) in [5.41, 5.74) is -0.0725. The zero-order valence-corrected chi connectivity index (χ0v) is 16.7. The first-order valence-electron chi connectivity index (χ1n) is 8.84. The van der Waals surface area contributed by atoms with Crippen LogP contribution < -0.4 is 20.7 Å². The highest BCUT2D eigenvalue weighted by Gasteiger charge is 2.16. The van der Waals surface area contributed by atoms with Crippen molar-refractivity contribution in [3.05, 3.63) is 40.6 Å². The van der Waals surface area contributed by atoms with E-state index >= 15 is 0 Å². The minimum atomic E-state index is -0.556. The minimum absolute atomic E-state index is 0.116. The number of nitro groups is 1. The van der Waals surface area contributed by atoms with Gasteiger partial charge in [-0.2, -0.15) is 4.98 Å². The molecule has 0 aliphatic heterocycles. The Kier molecular flexibility index (Phi) is 7.12. The van der Waals surface area contributed by atoms with Gasteiger partial charge in [-0.1, -0.05) is 0 Å². The first-order valence-corrected chi connectivity index (χ1v) is 8.84. The summed E-state index contributed by atoms with van der Waals surface area (Å²) in [6.07, 6.45) is 0.640. The van der Waals surface area contributed by atoms with Gasteiger partial charge in [0.2, 0.25) is 11.8 Å². The fourth-order valence-corrected chi connectivity index (χ4v) is 2.15. The van der Waals surface area contributed by atoms with Crippen molar-refractivity contribution in [2.45, 2.75) is 26.4 Å². The molecular formula is C18H24N6O5. The lowest BCUT2D eigenvalue weighted by atomic mass is 10.2. The summed E-state index contributed by atoms with van der Waals surface area (Å²) in [6.45, 7) is 5.96. The molecule has 1 heterocycles. The number of benzene rings is 1. The Balaban J connectivity index is 1.84. The molecule has 2 rings (SSSR count). The Morgan fingerprint density at radius 2 is 1.93 bits per heavy atom. The third-order valence-electron chi connectivity index (χ3n) is 3.35. The Labute approximate surface area is 168 Å². The van der Waals surface area contributed by atoms with Gasteiger partial charge in [0, 0.05) is 12.7 Å². The van der Waals surface area contributed by atoms with Crippen molar-refractivity contribution < 1.29 is 19.2 Å². The van der Waals surface area contributed by atoms with Crippen molar-refractivity contribution in [1.29, 1.82) is 0 Å². The minimum Gasteiger partial charge on any atom is -0.492 e. The molecule has 11 heteroatoms. The molecule has 1 aromatic carbocycles. The lowest BCUT2D eigenvalue weighted by molar-refractivity contribution is -0.384. The summed E-state index contributed by atoms with van der Waals surface area (Å²) in [5, 5.41) is 19.2. The number of aromatic nitrogens is 2. The summed E-state index contributed by atoms with van der Waals surface area (Å²) in [4.78, 5) is 29.9. The molecule has 0 spiro atoms. The van der Waals surface area contributed by atoms with E-state index < -0.39 is 16.6 Å². The highest BCUT2D eigenvalue weighted by atomic mass is 16.6. The molecule has 0 unspecified atom stereocenters. The van der Waals surface area contributed by atoms with Crippen LogP contribution in [0.25, 0.3) is 0 Å². The van der Waals surface area contributed by atoms with Crippen LogP contribution in [0.3, 0.4) is 0 Å². The van der Waals surface area contributed by atoms with E-state index in [1.54, 1.807) is 52.1 Å². The van der Waals surface area contributed by atoms with E-state index in [0.29, 0.717) is 18.0 Å². The molecular weight excluding hydrogens is 380 g/mol. The number of ether oxygens (including phenoxy) is 2. The summed E-state index contributed by atoms with van der Waals surface area (Å²) < 4.78 is 10.7. The molecule has 0 radical (unpaired) electrons. The van der Waals surface area contributed by atoms with E-state index in [4.69, 9.17) is 9.47 Å². The van der Waals surface area contributed by atoms with Crippen LogP contribution in [0.4, 0.5) is 27.9 Å². The predicted octanol–water partition coefficient (Wildman–Crippen LogP) is 3.07. The third-order valence-corrected chi connectivity index (χ3v) is 3.35. The highest BCUT2D eigenvalue weighted by molar-refractivity contribution is 5.67. The molecule has 2 aromatic rings. The zero-order valence-electron chi connectivity index (χ0n) is 16.7. The first-order chi connectivity index (χ1) is 13.7. The number of carbonyl (C=O) groups is 1. The SMILES string of the molecule is CNc1nc(Nc2ccc(OCCNC(=O)OC(C)(C)C)cc2)ncc1[N+](=O)[O-]. The number of amides is 1. The zero-order chi connectivity index (χ0) is 21.4. The van der Waals surface area contributed by atoms with Crippen LogP contribution in [-0.4, -0.2) is 46.8 Å². The average Bonchev–Trinajstić information content (AvgIpc) is 2.64. The molecule has 1 aromatic heterocycles. The molecule has 0 saturated carbocycles. The lowest BCUT2D eigenvalue weighted by Crippen LogP contribution is -2.34. The largest absolute Gasteiger partial charge is 0.492 e. The van der Waals surface area contributed by atoms with Gasteiger partial charge in [-0.25, -0.2) is 9.78 Å². The normalized spacial score (nSPS) is 10.8. The second-order valence-corrected chi connectivity index (χ2v) is 6.86. The summed E-state index contributed by atoms with van der Waals surface area (Å²) in [7, 11) is 1.54. The van der Waals surface area contributed by atoms with Gasteiger partial charge in [0.1, 0.15) is 24.2 Å². The van der Waals surface area contributed by atoms with Crippen molar-refractivity contribution in [3.8, 4) is 5.75 Å². The number of nitrogens with zero attached hydrogens (tertiary/aromatic N) is 3. The lowest BCUT2D eigenvalue weighted by Gasteiger charge is -2.19. The molecule has 0 bridgehead atoms. The summed E-state index contributed by atoms with van der Waals surface area (Å²) in [6, 6.07) is 6.97. The van der Waals surface area contributed by atoms with Crippen LogP contribution in [0.5, 0.6) is 5.75 Å². The van der Waals surface area contributed by atoms with Gasteiger partial charge in [0.25, 0.3) is 0 Å². The van der Waals surface area contributed by atoms with E-state index in [9.17, 15) is 14.9 Å². The molecule has 0 saturated heterocycles. The van der Waals surface area contributed by atoms with Crippen molar-refractivity contribution in [3.63, 3.8) is 0 Å². The number of carbonyl (C=O) groups excluding carboxylic acids is 1. The molecule has 1 amide bonds. The van der Waals surface area contributed by atoms with Crippen molar-refractivity contribution >= 4 is 29.2 Å². The van der Waals surface area contributed by atoms with Crippen molar-refractivity contribution in [2.75, 3.05) is 30.8 Å². The van der Waals surface area contributed by atoms with Gasteiger partial charge in [0.15, 0.2) is 0 Å². The van der Waals surface area contributed by atoms with Crippen LogP contribution in [0.1, 0.15) is 20.8 Å². The molecule has 0 atom stereocenters. The molecule has 3 N–H and O–H groups in total. The van der Waals surface area contributed by atoms with E-state index in [1.807, 2.05) is 0 Å². The first kappa shape index (κ1) is 21.7. The average molecular weight is 404 g/mol. The topological polar surface area (TPSA) is 141 Å². The van der Waals surface area contributed by atoms with Crippen LogP contribution >= 0.6 is 0 Å². The molecule has 0 aliphatic carbocycles. The van der Waals surface area contributed by atoms with Crippen LogP contribution in [-0.2, 0) is 4.74 Å². The maximum Gasteiger partial charge on any atom is 0.407 e. The summed E-state index contributed by atoms with van der Waals surface area (Å²) in [5.74, 6) is 0.946. The number of rotatable bonds is 8. The Morgan fingerprint density at radius 3 is 2.52 bits per heavy atom. The van der Waals surface area contributed by atoms with Crippen molar-refractivity contribution in [2.24, 2.45) is 0 Å². The Morgan fingerprint density at radius 1 is 1.24 bits per heavy atom. The third kappa shape index (κ3) is 7.13. The monoisotopic (exact) mass is 404 g/mol. The van der Waals surface area contributed by atoms with Gasteiger partial charge >= 0.3 is 11.8 Å². The van der Waals surface area contributed by atoms with Gasteiger partial charge in [-0.3, -0.25) is 10.1 Å². The maximum absolute atomic E-state index is 11.5. The van der Waals surface area contributed by atoms with E-state index in [2.05, 4.69) is 25.9 Å². The second kappa shape index (κ2) is 9.53. The predicted molar refractivity (Wildman–Crippen MR) is 108 cm³/mol. The standard InChI is InChI=1S/C18H24N6O5/c1-18(2,3)29-17(25)20-9-10-28-13-7-5-12(6-8-13)22-16-21-11-14(24(26)27)15(19-4)23-16/h5-8,11H,9-10H2,1-4H3,(H,20,25)(H2,19,21,22,23). The fourth-order valence-electron chi connectivity index (χ4n) is 2.15. The molecule has 156 valence electrons. The summed E-state index contributed by atoms with van der Waals surface area (Å²) >= 11 is 0. The van der Waals surface area contributed by atoms with E-state index in [-0.39, 0.29) is 24.1 Å². The molecule has 29 heavy (non-hydrogen) atoms. The number of hydrogen-bond acceptors (Lipinski definition) is 9. The maximum atomic E-state index is 11.5. The Hall–Kier alpha value is -3.63. The molecule has 0 aliphatic rings. The van der Waals surface area contributed by atoms with Crippen molar-refractivity contribution in [1.82, 2.24) is 15.3 Å². The van der Waals surface area contributed by atoms with Gasteiger partial charge < -0.3 is 25.4 Å². The highest BCUT2D eigenvalue weighted by Crippen LogP contribution is 2.23. The quantitative estimate of drug-likeness (QED) is 0.344. The molecule has 0 fully saturated rings. The van der Waals surface area contributed by atoms with Gasteiger partial charge in [-0.05, 0) is 45.0 Å². The van der Waals surface area contributed by atoms with E-state index in [1.165, 1.54) is 0 Å². The van der Waals surface area contributed by atoms with Crippen LogP contribution in [0, 0.1) is 10.1 Å². The number of hydrogen-bond donors (Lipinski definition) is 3.